The summed E-state index contributed by atoms with van der Waals surface area (Å²) in [5, 5.41) is 0. The van der Waals surface area contributed by atoms with Crippen molar-refractivity contribution in [2.45, 2.75) is 83.4 Å². The van der Waals surface area contributed by atoms with Crippen LogP contribution in [0.3, 0.4) is 0 Å². The van der Waals surface area contributed by atoms with Crippen molar-refractivity contribution in [3.63, 3.8) is 0 Å². The third-order valence-electron chi connectivity index (χ3n) is 4.63. The number of rotatable bonds is 4. The van der Waals surface area contributed by atoms with E-state index < -0.39 is 5.85 Å². The maximum atomic E-state index is 14.4. The lowest BCUT2D eigenvalue weighted by Gasteiger charge is -2.30. The van der Waals surface area contributed by atoms with Gasteiger partial charge in [-0.25, -0.2) is 0 Å². The molecule has 1 atom stereocenters. The molecule has 3 heteroatoms. The summed E-state index contributed by atoms with van der Waals surface area (Å²) in [6.45, 7) is 1.43. The van der Waals surface area contributed by atoms with Gasteiger partial charge in [0.1, 0.15) is 0 Å². The van der Waals surface area contributed by atoms with Gasteiger partial charge in [0.25, 0.3) is 0 Å². The Bertz CT molecular complexity index is 289. The Kier molecular flexibility index (Phi) is 5.23. The zero-order chi connectivity index (χ0) is 13.7. The Morgan fingerprint density at radius 3 is 2.16 bits per heavy atom. The Morgan fingerprint density at radius 1 is 1.05 bits per heavy atom. The minimum atomic E-state index is -1.77. The smallest absolute Gasteiger partial charge is 0.311 e. The van der Waals surface area contributed by atoms with Gasteiger partial charge in [-0.15, -0.1) is 0 Å². The van der Waals surface area contributed by atoms with Crippen LogP contribution in [0.15, 0.2) is 0 Å². The van der Waals surface area contributed by atoms with Gasteiger partial charge in [-0.05, 0) is 18.8 Å². The van der Waals surface area contributed by atoms with Crippen LogP contribution in [0.1, 0.15) is 77.6 Å². The molecule has 2 saturated carbocycles. The second-order valence-corrected chi connectivity index (χ2v) is 6.57. The average Bonchev–Trinajstić information content (AvgIpc) is 2.39. The predicted octanol–water partition coefficient (Wildman–Crippen LogP) is 4.77. The van der Waals surface area contributed by atoms with Crippen LogP contribution in [-0.4, -0.2) is 11.8 Å². The number of hydrogen-bond acceptors (Lipinski definition) is 2. The molecule has 0 spiro atoms. The van der Waals surface area contributed by atoms with E-state index in [0.29, 0.717) is 12.3 Å². The van der Waals surface area contributed by atoms with E-state index in [4.69, 9.17) is 4.74 Å². The number of carbonyl (C=O) groups excluding carboxylic acids is 1. The lowest BCUT2D eigenvalue weighted by molar-refractivity contribution is -0.188. The second kappa shape index (κ2) is 6.71. The third kappa shape index (κ3) is 4.77. The lowest BCUT2D eigenvalue weighted by Crippen LogP contribution is -2.33. The molecule has 0 aromatic rings. The molecular formula is C16H27FO2. The monoisotopic (exact) mass is 270 g/mol. The summed E-state index contributed by atoms with van der Waals surface area (Å²) in [6, 6.07) is 0. The topological polar surface area (TPSA) is 26.3 Å². The van der Waals surface area contributed by atoms with Crippen LogP contribution in [0.2, 0.25) is 0 Å². The summed E-state index contributed by atoms with van der Waals surface area (Å²) in [7, 11) is 0. The van der Waals surface area contributed by atoms with E-state index >= 15 is 0 Å². The van der Waals surface area contributed by atoms with Gasteiger partial charge in [-0.3, -0.25) is 4.79 Å². The molecule has 2 aliphatic carbocycles. The maximum absolute atomic E-state index is 14.4. The van der Waals surface area contributed by atoms with Crippen molar-refractivity contribution in [2.75, 3.05) is 0 Å². The number of alkyl halides is 1. The van der Waals surface area contributed by atoms with E-state index in [2.05, 4.69) is 0 Å². The van der Waals surface area contributed by atoms with Crippen molar-refractivity contribution in [3.05, 3.63) is 0 Å². The van der Waals surface area contributed by atoms with Crippen LogP contribution in [0, 0.1) is 11.8 Å². The summed E-state index contributed by atoms with van der Waals surface area (Å²) in [6.07, 6.45) is 11.3. The van der Waals surface area contributed by atoms with Crippen LogP contribution < -0.4 is 0 Å². The van der Waals surface area contributed by atoms with E-state index in [9.17, 15) is 9.18 Å². The number of halogens is 1. The van der Waals surface area contributed by atoms with E-state index in [1.807, 2.05) is 0 Å². The summed E-state index contributed by atoms with van der Waals surface area (Å²) >= 11 is 0. The molecule has 0 bridgehead atoms. The molecule has 0 amide bonds. The van der Waals surface area contributed by atoms with Crippen LogP contribution in [-0.2, 0) is 9.53 Å². The molecule has 2 nitrogen and oxygen atoms in total. The zero-order valence-electron chi connectivity index (χ0n) is 12.1. The minimum Gasteiger partial charge on any atom is -0.429 e. The van der Waals surface area contributed by atoms with Crippen molar-refractivity contribution in [3.8, 4) is 0 Å². The third-order valence-corrected chi connectivity index (χ3v) is 4.63. The number of esters is 1. The van der Waals surface area contributed by atoms with Gasteiger partial charge < -0.3 is 4.74 Å². The first-order valence-corrected chi connectivity index (χ1v) is 7.98. The molecule has 2 fully saturated rings. The minimum absolute atomic E-state index is 0.0600. The summed E-state index contributed by atoms with van der Waals surface area (Å²) in [5.41, 5.74) is 0. The lowest BCUT2D eigenvalue weighted by atomic mass is 9.85. The van der Waals surface area contributed by atoms with Gasteiger partial charge in [0.15, 0.2) is 0 Å². The molecule has 2 rings (SSSR count). The molecule has 0 aliphatic heterocycles. The van der Waals surface area contributed by atoms with Crippen molar-refractivity contribution in [2.24, 2.45) is 11.8 Å². The van der Waals surface area contributed by atoms with E-state index in [-0.39, 0.29) is 11.9 Å². The van der Waals surface area contributed by atoms with Gasteiger partial charge in [0.05, 0.1) is 5.92 Å². The number of carbonyl (C=O) groups is 1. The van der Waals surface area contributed by atoms with E-state index in [0.717, 1.165) is 38.5 Å². The first kappa shape index (κ1) is 14.8. The molecule has 110 valence electrons. The van der Waals surface area contributed by atoms with E-state index in [1.165, 1.54) is 32.6 Å². The molecule has 0 N–H and O–H groups in total. The molecule has 0 heterocycles. The summed E-state index contributed by atoms with van der Waals surface area (Å²) in [5.74, 6) is -1.74. The Hall–Kier alpha value is -0.600. The zero-order valence-corrected chi connectivity index (χ0v) is 12.1. The van der Waals surface area contributed by atoms with Crippen LogP contribution in [0.4, 0.5) is 4.39 Å². The molecule has 2 aliphatic rings. The summed E-state index contributed by atoms with van der Waals surface area (Å²) < 4.78 is 19.6. The fourth-order valence-corrected chi connectivity index (χ4v) is 3.58. The van der Waals surface area contributed by atoms with Crippen molar-refractivity contribution < 1.29 is 13.9 Å². The fraction of sp³-hybridized carbons (Fsp3) is 0.938. The highest BCUT2D eigenvalue weighted by molar-refractivity contribution is 5.72. The molecule has 0 saturated heterocycles. The molecular weight excluding hydrogens is 243 g/mol. The quantitative estimate of drug-likeness (QED) is 0.688. The molecule has 0 radical (unpaired) electrons. The molecule has 1 unspecified atom stereocenters. The fourth-order valence-electron chi connectivity index (χ4n) is 3.58. The number of hydrogen-bond donors (Lipinski definition) is 0. The second-order valence-electron chi connectivity index (χ2n) is 6.57. The number of ether oxygens (including phenoxy) is 1. The Morgan fingerprint density at radius 2 is 1.58 bits per heavy atom. The first-order valence-electron chi connectivity index (χ1n) is 7.98. The van der Waals surface area contributed by atoms with Gasteiger partial charge >= 0.3 is 5.97 Å². The normalized spacial score (nSPS) is 25.8. The Labute approximate surface area is 116 Å². The SMILES string of the molecule is CC(F)(CC1CCCCC1)OC(=O)C1CCCCC1. The van der Waals surface area contributed by atoms with Crippen LogP contribution in [0.5, 0.6) is 0 Å². The van der Waals surface area contributed by atoms with Crippen molar-refractivity contribution in [1.29, 1.82) is 0 Å². The highest BCUT2D eigenvalue weighted by Gasteiger charge is 2.35. The highest BCUT2D eigenvalue weighted by Crippen LogP contribution is 2.34. The first-order chi connectivity index (χ1) is 9.07. The van der Waals surface area contributed by atoms with Gasteiger partial charge in [-0.1, -0.05) is 51.4 Å². The highest BCUT2D eigenvalue weighted by atomic mass is 19.2. The van der Waals surface area contributed by atoms with Gasteiger partial charge in [0, 0.05) is 13.3 Å². The van der Waals surface area contributed by atoms with Crippen molar-refractivity contribution in [1.82, 2.24) is 0 Å². The standard InChI is InChI=1S/C16H27FO2/c1-16(17,12-13-8-4-2-5-9-13)19-15(18)14-10-6-3-7-11-14/h13-14H,2-12H2,1H3. The summed E-state index contributed by atoms with van der Waals surface area (Å²) in [4.78, 5) is 12.0. The molecule has 0 aromatic carbocycles. The molecule has 19 heavy (non-hydrogen) atoms. The van der Waals surface area contributed by atoms with Crippen molar-refractivity contribution >= 4 is 5.97 Å². The van der Waals surface area contributed by atoms with Crippen LogP contribution in [0.25, 0.3) is 0 Å². The largest absolute Gasteiger partial charge is 0.429 e. The Balaban J connectivity index is 1.79. The van der Waals surface area contributed by atoms with Gasteiger partial charge in [-0.2, -0.15) is 4.39 Å². The average molecular weight is 270 g/mol. The van der Waals surface area contributed by atoms with Gasteiger partial charge in [0.2, 0.25) is 5.85 Å². The van der Waals surface area contributed by atoms with E-state index in [1.54, 1.807) is 0 Å². The predicted molar refractivity (Wildman–Crippen MR) is 73.4 cm³/mol. The van der Waals surface area contributed by atoms with Crippen LogP contribution >= 0.6 is 0 Å². The molecule has 0 aromatic heterocycles. The maximum Gasteiger partial charge on any atom is 0.311 e.